The van der Waals surface area contributed by atoms with E-state index in [1.165, 1.54) is 0 Å². The van der Waals surface area contributed by atoms with Crippen LogP contribution in [0.15, 0.2) is 18.2 Å². The van der Waals surface area contributed by atoms with Gasteiger partial charge in [-0.15, -0.1) is 0 Å². The summed E-state index contributed by atoms with van der Waals surface area (Å²) in [6, 6.07) is -1.36. The highest BCUT2D eigenvalue weighted by atomic mass is 19.4. The summed E-state index contributed by atoms with van der Waals surface area (Å²) in [5.74, 6) is -1.57. The molecule has 1 aromatic rings. The Morgan fingerprint density at radius 2 is 1.17 bits per heavy atom. The molecule has 2 N–H and O–H groups in total. The molecule has 0 aliphatic carbocycles. The van der Waals surface area contributed by atoms with E-state index in [9.17, 15) is 52.7 Å². The van der Waals surface area contributed by atoms with Crippen LogP contribution in [0.3, 0.4) is 0 Å². The molecule has 1 aromatic carbocycles. The summed E-state index contributed by atoms with van der Waals surface area (Å²) in [7, 11) is -2.98. The van der Waals surface area contributed by atoms with Crippen molar-refractivity contribution in [3.8, 4) is 5.75 Å². The Balaban J connectivity index is 3.87. The largest absolute Gasteiger partial charge is 0.707 e. The summed E-state index contributed by atoms with van der Waals surface area (Å²) in [5, 5.41) is 17.1. The van der Waals surface area contributed by atoms with E-state index in [1.807, 2.05) is 0 Å². The third kappa shape index (κ3) is 5.82. The molecule has 166 valence electrons. The van der Waals surface area contributed by atoms with Crippen LogP contribution in [0.25, 0.3) is 0 Å². The molecule has 0 saturated heterocycles. The Kier molecular flexibility index (Phi) is 6.73. The lowest BCUT2D eigenvalue weighted by Gasteiger charge is -2.38. The molecule has 1 rings (SSSR count). The van der Waals surface area contributed by atoms with Crippen LogP contribution < -0.4 is 4.65 Å². The SMILES string of the molecule is OB(O)Oc1cc(C(F)(F)F)cc(C(OCC(F)(F)F)(C(F)(F)F)C(F)(F)F)c1. The van der Waals surface area contributed by atoms with E-state index in [4.69, 9.17) is 10.0 Å². The summed E-state index contributed by atoms with van der Waals surface area (Å²) in [6.45, 7) is -3.12. The molecule has 0 spiro atoms. The molecule has 4 nitrogen and oxygen atoms in total. The Labute approximate surface area is 152 Å². The van der Waals surface area contributed by atoms with Gasteiger partial charge in [0.05, 0.1) is 5.56 Å². The lowest BCUT2D eigenvalue weighted by Crippen LogP contribution is -2.57. The van der Waals surface area contributed by atoms with Crippen LogP contribution in [-0.2, 0) is 16.5 Å². The van der Waals surface area contributed by atoms with Crippen LogP contribution in [0.5, 0.6) is 5.75 Å². The number of hydrogen-bond acceptors (Lipinski definition) is 4. The smallest absolute Gasteiger partial charge is 0.512 e. The number of ether oxygens (including phenoxy) is 1. The van der Waals surface area contributed by atoms with Gasteiger partial charge in [-0.1, -0.05) is 0 Å². The Hall–Kier alpha value is -1.88. The van der Waals surface area contributed by atoms with Gasteiger partial charge in [0.1, 0.15) is 12.4 Å². The second-order valence-electron chi connectivity index (χ2n) is 5.27. The molecule has 0 aromatic heterocycles. The van der Waals surface area contributed by atoms with Crippen molar-refractivity contribution in [3.05, 3.63) is 29.3 Å². The zero-order valence-electron chi connectivity index (χ0n) is 13.3. The predicted octanol–water partition coefficient (Wildman–Crippen LogP) is 3.95. The molecule has 0 amide bonds. The molecule has 0 heterocycles. The average molecular weight is 454 g/mol. The lowest BCUT2D eigenvalue weighted by atomic mass is 9.90. The zero-order valence-corrected chi connectivity index (χ0v) is 13.3. The van der Waals surface area contributed by atoms with Gasteiger partial charge >= 0.3 is 32.0 Å². The maximum Gasteiger partial charge on any atom is 0.707 e. The minimum absolute atomic E-state index is 0.204. The first-order chi connectivity index (χ1) is 12.7. The fourth-order valence-corrected chi connectivity index (χ4v) is 2.08. The maximum atomic E-state index is 13.3. The summed E-state index contributed by atoms with van der Waals surface area (Å²) >= 11 is 0. The molecular formula is C12H7BF12O4. The van der Waals surface area contributed by atoms with E-state index in [2.05, 4.69) is 9.39 Å². The average Bonchev–Trinajstić information content (AvgIpc) is 2.41. The van der Waals surface area contributed by atoms with E-state index in [0.29, 0.717) is 0 Å². The molecule has 0 aliphatic heterocycles. The van der Waals surface area contributed by atoms with Gasteiger partial charge in [0, 0.05) is 5.56 Å². The highest BCUT2D eigenvalue weighted by Gasteiger charge is 2.74. The Morgan fingerprint density at radius 1 is 0.724 bits per heavy atom. The van der Waals surface area contributed by atoms with Crippen LogP contribution in [-0.4, -0.2) is 42.5 Å². The third-order valence-electron chi connectivity index (χ3n) is 3.13. The van der Waals surface area contributed by atoms with Gasteiger partial charge in [0.15, 0.2) is 0 Å². The van der Waals surface area contributed by atoms with Crippen molar-refractivity contribution in [2.75, 3.05) is 6.61 Å². The molecule has 17 heteroatoms. The molecule has 29 heavy (non-hydrogen) atoms. The van der Waals surface area contributed by atoms with Crippen LogP contribution in [0.4, 0.5) is 52.7 Å². The minimum Gasteiger partial charge on any atom is -0.512 e. The quantitative estimate of drug-likeness (QED) is 0.523. The lowest BCUT2D eigenvalue weighted by molar-refractivity contribution is -0.400. The van der Waals surface area contributed by atoms with E-state index in [-0.39, 0.29) is 6.07 Å². The zero-order chi connectivity index (χ0) is 23.1. The fraction of sp³-hybridized carbons (Fsp3) is 0.500. The highest BCUT2D eigenvalue weighted by Crippen LogP contribution is 2.54. The molecule has 0 unspecified atom stereocenters. The van der Waals surface area contributed by atoms with Gasteiger partial charge in [-0.05, 0) is 18.2 Å². The number of hydrogen-bond donors (Lipinski definition) is 2. The fourth-order valence-electron chi connectivity index (χ4n) is 2.08. The van der Waals surface area contributed by atoms with Crippen LogP contribution >= 0.6 is 0 Å². The first kappa shape index (κ1) is 25.2. The molecule has 0 aliphatic rings. The van der Waals surface area contributed by atoms with Crippen molar-refractivity contribution in [3.63, 3.8) is 0 Å². The number of benzene rings is 1. The molecule has 0 radical (unpaired) electrons. The Bertz CT molecular complexity index is 693. The topological polar surface area (TPSA) is 58.9 Å². The van der Waals surface area contributed by atoms with E-state index >= 15 is 0 Å². The van der Waals surface area contributed by atoms with Crippen molar-refractivity contribution < 1.29 is 72.1 Å². The van der Waals surface area contributed by atoms with Crippen molar-refractivity contribution in [2.45, 2.75) is 30.3 Å². The molecule has 0 atom stereocenters. The molecular weight excluding hydrogens is 447 g/mol. The molecule has 0 bridgehead atoms. The van der Waals surface area contributed by atoms with Crippen LogP contribution in [0.2, 0.25) is 0 Å². The standard InChI is InChI=1S/C12H7BF12O4/c14-8(15,16)4-28-9(11(20,21)22,12(23,24)25)5-1-6(10(17,18)19)3-7(2-5)29-13(26)27/h1-3,26-27H,4H2. The molecule has 0 saturated carbocycles. The summed E-state index contributed by atoms with van der Waals surface area (Å²) in [5.41, 5.74) is -10.6. The maximum absolute atomic E-state index is 13.3. The van der Waals surface area contributed by atoms with Gasteiger partial charge < -0.3 is 19.4 Å². The Morgan fingerprint density at radius 3 is 1.52 bits per heavy atom. The summed E-state index contributed by atoms with van der Waals surface area (Å²) in [6.07, 6.45) is -24.8. The normalized spacial score (nSPS) is 14.1. The van der Waals surface area contributed by atoms with Crippen molar-refractivity contribution in [1.29, 1.82) is 0 Å². The second kappa shape index (κ2) is 7.75. The van der Waals surface area contributed by atoms with Crippen molar-refractivity contribution >= 4 is 7.32 Å². The second-order valence-corrected chi connectivity index (χ2v) is 5.27. The molecule has 0 fully saturated rings. The number of rotatable bonds is 5. The van der Waals surface area contributed by atoms with E-state index in [1.54, 1.807) is 0 Å². The highest BCUT2D eigenvalue weighted by molar-refractivity contribution is 6.33. The van der Waals surface area contributed by atoms with Crippen molar-refractivity contribution in [2.24, 2.45) is 0 Å². The predicted molar refractivity (Wildman–Crippen MR) is 68.1 cm³/mol. The van der Waals surface area contributed by atoms with E-state index in [0.717, 1.165) is 0 Å². The summed E-state index contributed by atoms with van der Waals surface area (Å²) < 4.78 is 162. The first-order valence-electron chi connectivity index (χ1n) is 6.80. The monoisotopic (exact) mass is 454 g/mol. The first-order valence-corrected chi connectivity index (χ1v) is 6.80. The third-order valence-corrected chi connectivity index (χ3v) is 3.13. The van der Waals surface area contributed by atoms with Gasteiger partial charge in [-0.25, -0.2) is 0 Å². The van der Waals surface area contributed by atoms with Crippen molar-refractivity contribution in [1.82, 2.24) is 0 Å². The van der Waals surface area contributed by atoms with Gasteiger partial charge in [0.2, 0.25) is 0 Å². The number of halogens is 12. The van der Waals surface area contributed by atoms with E-state index < -0.39 is 73.2 Å². The minimum atomic E-state index is -6.73. The van der Waals surface area contributed by atoms with Gasteiger partial charge in [0.25, 0.3) is 5.60 Å². The van der Waals surface area contributed by atoms with Gasteiger partial charge in [-0.2, -0.15) is 52.7 Å². The summed E-state index contributed by atoms with van der Waals surface area (Å²) in [4.78, 5) is 0. The number of alkyl halides is 12. The van der Waals surface area contributed by atoms with Gasteiger partial charge in [-0.3, -0.25) is 0 Å². The van der Waals surface area contributed by atoms with Crippen LogP contribution in [0.1, 0.15) is 11.1 Å². The van der Waals surface area contributed by atoms with Crippen LogP contribution in [0, 0.1) is 0 Å².